The first-order chi connectivity index (χ1) is 19.6. The number of likely N-dealkylation sites (tertiary alicyclic amines) is 1. The third kappa shape index (κ3) is 6.08. The molecular weight excluding hydrogens is 530 g/mol. The van der Waals surface area contributed by atoms with Crippen molar-refractivity contribution in [1.29, 1.82) is 0 Å². The number of fused-ring (bicyclic) bond motifs is 3. The highest BCUT2D eigenvalue weighted by Crippen LogP contribution is 2.50. The molecule has 0 radical (unpaired) electrons. The number of piperidine rings is 1. The van der Waals surface area contributed by atoms with Gasteiger partial charge in [-0.05, 0) is 67.5 Å². The molecule has 0 bridgehead atoms. The first-order valence-electron chi connectivity index (χ1n) is 13.6. The van der Waals surface area contributed by atoms with Crippen LogP contribution in [0.2, 0.25) is 0 Å². The van der Waals surface area contributed by atoms with E-state index in [2.05, 4.69) is 10.6 Å². The molecule has 1 aliphatic carbocycles. The van der Waals surface area contributed by atoms with Crippen molar-refractivity contribution >= 4 is 23.5 Å². The number of nitrogens with zero attached hydrogens (tertiary/aromatic N) is 1. The lowest BCUT2D eigenvalue weighted by atomic mass is 9.95. The molecule has 41 heavy (non-hydrogen) atoms. The fraction of sp³-hybridized carbons (Fsp3) is 0.467. The Morgan fingerprint density at radius 3 is 2.27 bits per heavy atom. The van der Waals surface area contributed by atoms with Crippen molar-refractivity contribution in [3.63, 3.8) is 0 Å². The maximum Gasteiger partial charge on any atom is 0.306 e. The molecule has 220 valence electrons. The van der Waals surface area contributed by atoms with Crippen LogP contribution in [-0.4, -0.2) is 68.3 Å². The number of ether oxygens (including phenoxy) is 3. The largest absolute Gasteiger partial charge is 0.493 e. The van der Waals surface area contributed by atoms with E-state index in [1.54, 1.807) is 31.1 Å². The summed E-state index contributed by atoms with van der Waals surface area (Å²) in [6, 6.07) is 5.65. The number of amides is 2. The minimum absolute atomic E-state index is 0.207. The van der Waals surface area contributed by atoms with E-state index in [0.717, 1.165) is 11.1 Å². The van der Waals surface area contributed by atoms with Crippen molar-refractivity contribution in [1.82, 2.24) is 10.2 Å². The standard InChI is InChI=1S/C30H37N3O8/c1-16(29(36)33-12-10-18(11-13-33)30(37)38)31-23-9-7-20-21(15-24(23)35)22(32-17(2)34)8-6-19-14-25(39-3)27(40-4)28(41-5)26(19)20/h7,9,14-16,18,22H,6,8,10-13H2,1-5H3,(H,31,35)(H,32,34)(H,37,38)/t16-,22-/m0/s1. The maximum absolute atomic E-state index is 13.5. The molecule has 3 N–H and O–H groups in total. The average Bonchev–Trinajstić information content (AvgIpc) is 3.20. The Hall–Kier alpha value is -4.28. The number of carboxylic acids is 1. The molecule has 1 aliphatic heterocycles. The summed E-state index contributed by atoms with van der Waals surface area (Å²) in [6.07, 6.45) is 1.91. The summed E-state index contributed by atoms with van der Waals surface area (Å²) < 4.78 is 17.0. The van der Waals surface area contributed by atoms with Crippen LogP contribution in [0.25, 0.3) is 11.1 Å². The average molecular weight is 568 g/mol. The number of carbonyl (C=O) groups excluding carboxylic acids is 2. The van der Waals surface area contributed by atoms with E-state index < -0.39 is 24.0 Å². The van der Waals surface area contributed by atoms with Crippen molar-refractivity contribution in [2.24, 2.45) is 5.92 Å². The van der Waals surface area contributed by atoms with Crippen LogP contribution in [-0.2, 0) is 20.8 Å². The van der Waals surface area contributed by atoms with Gasteiger partial charge in [-0.3, -0.25) is 19.2 Å². The maximum atomic E-state index is 13.5. The van der Waals surface area contributed by atoms with Gasteiger partial charge in [0.1, 0.15) is 6.04 Å². The van der Waals surface area contributed by atoms with Crippen molar-refractivity contribution in [3.05, 3.63) is 45.6 Å². The molecule has 2 aromatic carbocycles. The first kappa shape index (κ1) is 29.7. The summed E-state index contributed by atoms with van der Waals surface area (Å²) in [5, 5.41) is 15.3. The van der Waals surface area contributed by atoms with Crippen LogP contribution in [0, 0.1) is 5.92 Å². The highest BCUT2D eigenvalue weighted by atomic mass is 16.5. The van der Waals surface area contributed by atoms with E-state index in [1.807, 2.05) is 6.07 Å². The second-order valence-electron chi connectivity index (χ2n) is 10.4. The Morgan fingerprint density at radius 1 is 1.00 bits per heavy atom. The van der Waals surface area contributed by atoms with E-state index in [9.17, 15) is 24.3 Å². The second-order valence-corrected chi connectivity index (χ2v) is 10.4. The van der Waals surface area contributed by atoms with Gasteiger partial charge in [0.25, 0.3) is 0 Å². The first-order valence-corrected chi connectivity index (χ1v) is 13.6. The number of anilines is 1. The molecule has 11 heteroatoms. The van der Waals surface area contributed by atoms with Crippen LogP contribution < -0.4 is 30.3 Å². The summed E-state index contributed by atoms with van der Waals surface area (Å²) in [5.41, 5.74) is 2.84. The van der Waals surface area contributed by atoms with Gasteiger partial charge in [0.15, 0.2) is 11.5 Å². The summed E-state index contributed by atoms with van der Waals surface area (Å²) in [6.45, 7) is 3.82. The molecule has 1 saturated heterocycles. The topological polar surface area (TPSA) is 144 Å². The van der Waals surface area contributed by atoms with Crippen molar-refractivity contribution in [3.8, 4) is 28.4 Å². The third-order valence-corrected chi connectivity index (χ3v) is 7.81. The number of aryl methyl sites for hydroxylation is 1. The van der Waals surface area contributed by atoms with Gasteiger partial charge >= 0.3 is 5.97 Å². The zero-order valence-corrected chi connectivity index (χ0v) is 24.0. The minimum atomic E-state index is -0.845. The Morgan fingerprint density at radius 2 is 1.68 bits per heavy atom. The SMILES string of the molecule is COc1cc2c(c(OC)c1OC)-c1ccc(N[C@@H](C)C(=O)N3CCC(C(=O)O)CC3)c(=O)cc1[C@@H](NC(C)=O)CC2. The van der Waals surface area contributed by atoms with Gasteiger partial charge < -0.3 is 34.9 Å². The number of aliphatic carboxylic acids is 1. The predicted octanol–water partition coefficient (Wildman–Crippen LogP) is 2.99. The van der Waals surface area contributed by atoms with E-state index in [1.165, 1.54) is 27.2 Å². The number of carboxylic acid groups (broad SMARTS) is 1. The highest BCUT2D eigenvalue weighted by Gasteiger charge is 2.31. The zero-order valence-electron chi connectivity index (χ0n) is 24.0. The molecule has 2 aromatic rings. The van der Waals surface area contributed by atoms with E-state index in [-0.39, 0.29) is 22.9 Å². The molecule has 2 amide bonds. The molecule has 2 aliphatic rings. The number of nitrogens with one attached hydrogen (secondary N) is 2. The molecule has 0 saturated carbocycles. The quantitative estimate of drug-likeness (QED) is 0.439. The molecule has 1 heterocycles. The van der Waals surface area contributed by atoms with Gasteiger partial charge in [0, 0.05) is 25.6 Å². The third-order valence-electron chi connectivity index (χ3n) is 7.81. The molecule has 11 nitrogen and oxygen atoms in total. The van der Waals surface area contributed by atoms with Crippen LogP contribution in [0.3, 0.4) is 0 Å². The van der Waals surface area contributed by atoms with E-state index >= 15 is 0 Å². The highest BCUT2D eigenvalue weighted by molar-refractivity contribution is 5.86. The van der Waals surface area contributed by atoms with Crippen LogP contribution in [0.4, 0.5) is 5.69 Å². The second kappa shape index (κ2) is 12.5. The predicted molar refractivity (Wildman–Crippen MR) is 153 cm³/mol. The van der Waals surface area contributed by atoms with Crippen LogP contribution in [0.15, 0.2) is 29.1 Å². The van der Waals surface area contributed by atoms with Gasteiger partial charge in [-0.25, -0.2) is 0 Å². The fourth-order valence-electron chi connectivity index (χ4n) is 5.74. The Kier molecular flexibility index (Phi) is 9.05. The number of methoxy groups -OCH3 is 3. The van der Waals surface area contributed by atoms with Gasteiger partial charge in [0.05, 0.1) is 39.0 Å². The molecule has 4 rings (SSSR count). The minimum Gasteiger partial charge on any atom is -0.493 e. The van der Waals surface area contributed by atoms with Crippen LogP contribution in [0.1, 0.15) is 50.3 Å². The van der Waals surface area contributed by atoms with Crippen molar-refractivity contribution in [2.45, 2.75) is 51.6 Å². The number of carbonyl (C=O) groups is 3. The molecule has 1 fully saturated rings. The fourth-order valence-corrected chi connectivity index (χ4v) is 5.74. The van der Waals surface area contributed by atoms with Gasteiger partial charge in [-0.15, -0.1) is 0 Å². The summed E-state index contributed by atoms with van der Waals surface area (Å²) in [7, 11) is 4.61. The molecule has 0 aromatic heterocycles. The zero-order chi connectivity index (χ0) is 29.8. The van der Waals surface area contributed by atoms with Gasteiger partial charge in [-0.1, -0.05) is 6.07 Å². The van der Waals surface area contributed by atoms with Gasteiger partial charge in [-0.2, -0.15) is 0 Å². The lowest BCUT2D eigenvalue weighted by Gasteiger charge is -2.32. The van der Waals surface area contributed by atoms with Gasteiger partial charge in [0.2, 0.25) is 23.0 Å². The summed E-state index contributed by atoms with van der Waals surface area (Å²) in [5.74, 6) is -0.353. The molecule has 2 atom stereocenters. The van der Waals surface area contributed by atoms with Crippen LogP contribution >= 0.6 is 0 Å². The summed E-state index contributed by atoms with van der Waals surface area (Å²) in [4.78, 5) is 51.7. The normalized spacial score (nSPS) is 17.3. The van der Waals surface area contributed by atoms with E-state index in [0.29, 0.717) is 67.1 Å². The number of hydrogen-bond donors (Lipinski definition) is 3. The number of rotatable bonds is 8. The molecular formula is C30H37N3O8. The van der Waals surface area contributed by atoms with Crippen molar-refractivity contribution < 1.29 is 33.7 Å². The molecule has 0 spiro atoms. The monoisotopic (exact) mass is 567 g/mol. The van der Waals surface area contributed by atoms with E-state index in [4.69, 9.17) is 14.2 Å². The smallest absolute Gasteiger partial charge is 0.306 e. The van der Waals surface area contributed by atoms with Crippen molar-refractivity contribution in [2.75, 3.05) is 39.7 Å². The lowest BCUT2D eigenvalue weighted by molar-refractivity contribution is -0.145. The van der Waals surface area contributed by atoms with Crippen LogP contribution in [0.5, 0.6) is 17.2 Å². The number of benzene rings is 1. The Balaban J connectivity index is 1.76. The molecule has 0 unspecified atom stereocenters. The Labute approximate surface area is 238 Å². The lowest BCUT2D eigenvalue weighted by Crippen LogP contribution is -2.46. The summed E-state index contributed by atoms with van der Waals surface area (Å²) >= 11 is 0. The Bertz CT molecular complexity index is 1400. The number of hydrogen-bond acceptors (Lipinski definition) is 8.